The summed E-state index contributed by atoms with van der Waals surface area (Å²) in [6.45, 7) is 0. The molecule has 0 saturated heterocycles. The summed E-state index contributed by atoms with van der Waals surface area (Å²) in [5, 5.41) is 6.34. The highest BCUT2D eigenvalue weighted by Gasteiger charge is 2.35. The summed E-state index contributed by atoms with van der Waals surface area (Å²) in [6, 6.07) is 9.91. The Balaban J connectivity index is 1.59. The van der Waals surface area contributed by atoms with E-state index in [1.54, 1.807) is 18.6 Å². The Kier molecular flexibility index (Phi) is 4.63. The lowest BCUT2D eigenvalue weighted by Gasteiger charge is -2.27. The number of hydrogen-bond acceptors (Lipinski definition) is 7. The van der Waals surface area contributed by atoms with Crippen molar-refractivity contribution in [1.82, 2.24) is 24.7 Å². The predicted molar refractivity (Wildman–Crippen MR) is 129 cm³/mol. The second-order valence-corrected chi connectivity index (χ2v) is 10.9. The molecule has 1 atom stereocenters. The maximum Gasteiger partial charge on any atom is 0.232 e. The first-order valence-electron chi connectivity index (χ1n) is 10.4. The minimum atomic E-state index is -1.11. The van der Waals surface area contributed by atoms with Crippen LogP contribution in [0.2, 0.25) is 0 Å². The fourth-order valence-electron chi connectivity index (χ4n) is 4.08. The molecule has 1 aliphatic carbocycles. The zero-order valence-electron chi connectivity index (χ0n) is 17.4. The van der Waals surface area contributed by atoms with Crippen molar-refractivity contribution in [3.8, 4) is 22.5 Å². The summed E-state index contributed by atoms with van der Waals surface area (Å²) in [5.41, 5.74) is 11.4. The molecule has 2 N–H and O–H groups in total. The monoisotopic (exact) mass is 460 g/mol. The van der Waals surface area contributed by atoms with E-state index in [1.807, 2.05) is 42.1 Å². The minimum Gasteiger partial charge on any atom is -0.611 e. The van der Waals surface area contributed by atoms with Crippen molar-refractivity contribution < 1.29 is 4.55 Å². The topological polar surface area (TPSA) is 106 Å². The van der Waals surface area contributed by atoms with Gasteiger partial charge in [-0.1, -0.05) is 11.3 Å². The van der Waals surface area contributed by atoms with Crippen molar-refractivity contribution in [3.63, 3.8) is 0 Å². The first-order chi connectivity index (χ1) is 15.6. The molecule has 9 heteroatoms. The maximum atomic E-state index is 13.2. The van der Waals surface area contributed by atoms with Gasteiger partial charge in [-0.15, -0.1) is 0 Å². The van der Waals surface area contributed by atoms with Gasteiger partial charge < -0.3 is 10.3 Å². The van der Waals surface area contributed by atoms with Gasteiger partial charge in [-0.05, 0) is 49.6 Å². The molecule has 0 spiro atoms. The number of thiophene rings is 1. The quantitative estimate of drug-likeness (QED) is 0.395. The molecule has 0 aliphatic heterocycles. The fraction of sp³-hybridized carbons (Fsp3) is 0.217. The number of fused-ring (bicyclic) bond motifs is 2. The molecule has 5 aromatic heterocycles. The highest BCUT2D eigenvalue weighted by molar-refractivity contribution is 7.94. The SMILES string of the molecule is Cn1nccc1-c1cc(-c2cnc3ncccc3c2)nc2sc([S@+]([O-])C3CCC3)c(N)c12. The lowest BCUT2D eigenvalue weighted by Crippen LogP contribution is -2.28. The Hall–Kier alpha value is -3.01. The van der Waals surface area contributed by atoms with Crippen LogP contribution >= 0.6 is 11.3 Å². The van der Waals surface area contributed by atoms with Gasteiger partial charge in [-0.3, -0.25) is 4.68 Å². The molecule has 160 valence electrons. The van der Waals surface area contributed by atoms with Crippen LogP contribution in [0.1, 0.15) is 19.3 Å². The first-order valence-corrected chi connectivity index (χ1v) is 12.5. The van der Waals surface area contributed by atoms with Crippen LogP contribution in [0.4, 0.5) is 5.69 Å². The van der Waals surface area contributed by atoms with Gasteiger partial charge in [-0.25, -0.2) is 15.0 Å². The predicted octanol–water partition coefficient (Wildman–Crippen LogP) is 4.55. The molecule has 5 heterocycles. The third kappa shape index (κ3) is 3.08. The number of anilines is 1. The van der Waals surface area contributed by atoms with Crippen molar-refractivity contribution in [3.05, 3.63) is 48.9 Å². The Labute approximate surface area is 191 Å². The van der Waals surface area contributed by atoms with Gasteiger partial charge in [0.05, 0.1) is 11.4 Å². The van der Waals surface area contributed by atoms with Gasteiger partial charge in [-0.2, -0.15) is 5.10 Å². The van der Waals surface area contributed by atoms with Gasteiger partial charge in [0.2, 0.25) is 4.21 Å². The summed E-state index contributed by atoms with van der Waals surface area (Å²) in [7, 11) is 1.90. The summed E-state index contributed by atoms with van der Waals surface area (Å²) < 4.78 is 15.7. The van der Waals surface area contributed by atoms with Crippen molar-refractivity contribution in [1.29, 1.82) is 0 Å². The lowest BCUT2D eigenvalue weighted by molar-refractivity contribution is 0.478. The lowest BCUT2D eigenvalue weighted by atomic mass is 10.00. The van der Waals surface area contributed by atoms with E-state index in [0.29, 0.717) is 11.3 Å². The molecular weight excluding hydrogens is 440 g/mol. The van der Waals surface area contributed by atoms with E-state index in [9.17, 15) is 4.55 Å². The zero-order chi connectivity index (χ0) is 21.8. The summed E-state index contributed by atoms with van der Waals surface area (Å²) in [4.78, 5) is 14.5. The van der Waals surface area contributed by atoms with Gasteiger partial charge >= 0.3 is 0 Å². The van der Waals surface area contributed by atoms with Gasteiger partial charge in [0.1, 0.15) is 15.8 Å². The molecule has 0 radical (unpaired) electrons. The Bertz CT molecular complexity index is 1470. The van der Waals surface area contributed by atoms with Crippen LogP contribution in [0.5, 0.6) is 0 Å². The van der Waals surface area contributed by atoms with Crippen LogP contribution in [-0.4, -0.2) is 34.5 Å². The highest BCUT2D eigenvalue weighted by atomic mass is 32.2. The molecule has 5 aromatic rings. The average Bonchev–Trinajstić information content (AvgIpc) is 3.34. The third-order valence-electron chi connectivity index (χ3n) is 6.05. The molecule has 1 fully saturated rings. The number of pyridine rings is 3. The first kappa shape index (κ1) is 19.7. The number of aryl methyl sites for hydroxylation is 1. The summed E-state index contributed by atoms with van der Waals surface area (Å²) in [5.74, 6) is 0. The van der Waals surface area contributed by atoms with E-state index in [-0.39, 0.29) is 5.25 Å². The van der Waals surface area contributed by atoms with Crippen LogP contribution in [0.3, 0.4) is 0 Å². The molecular formula is C23H20N6OS2. The number of aromatic nitrogens is 5. The molecule has 0 unspecified atom stereocenters. The van der Waals surface area contributed by atoms with E-state index in [1.165, 1.54) is 11.3 Å². The van der Waals surface area contributed by atoms with Crippen molar-refractivity contribution in [2.75, 3.05) is 5.73 Å². The number of nitrogens with two attached hydrogens (primary N) is 1. The molecule has 1 saturated carbocycles. The Morgan fingerprint density at radius 2 is 2.06 bits per heavy atom. The molecule has 0 aromatic carbocycles. The molecule has 1 aliphatic rings. The molecule has 0 bridgehead atoms. The van der Waals surface area contributed by atoms with Gasteiger partial charge in [0.15, 0.2) is 5.65 Å². The number of nitrogen functional groups attached to an aromatic ring is 1. The standard InChI is InChI=1S/C23H20N6OS2/c1-29-18(7-9-27-29)16-11-17(14-10-13-4-3-8-25-21(13)26-12-14)28-22-19(16)20(24)23(31-22)32(30)15-5-2-6-15/h3-4,7-12,15H,2,5-6,24H2,1H3/t32-/m1/s1. The normalized spacial score (nSPS) is 15.3. The van der Waals surface area contributed by atoms with Crippen molar-refractivity contribution in [2.45, 2.75) is 28.7 Å². The van der Waals surface area contributed by atoms with E-state index in [0.717, 1.165) is 61.6 Å². The van der Waals surface area contributed by atoms with Crippen LogP contribution < -0.4 is 5.73 Å². The second kappa shape index (κ2) is 7.54. The van der Waals surface area contributed by atoms with Crippen LogP contribution in [0.15, 0.2) is 53.1 Å². The van der Waals surface area contributed by atoms with E-state index in [2.05, 4.69) is 15.1 Å². The van der Waals surface area contributed by atoms with Crippen LogP contribution in [-0.2, 0) is 18.2 Å². The maximum absolute atomic E-state index is 13.2. The van der Waals surface area contributed by atoms with E-state index < -0.39 is 11.2 Å². The summed E-state index contributed by atoms with van der Waals surface area (Å²) >= 11 is 0.335. The molecule has 7 nitrogen and oxygen atoms in total. The van der Waals surface area contributed by atoms with Crippen LogP contribution in [0.25, 0.3) is 43.8 Å². The van der Waals surface area contributed by atoms with E-state index in [4.69, 9.17) is 10.7 Å². The number of rotatable bonds is 4. The third-order valence-corrected chi connectivity index (χ3v) is 9.35. The van der Waals surface area contributed by atoms with Crippen molar-refractivity contribution >= 4 is 49.5 Å². The minimum absolute atomic E-state index is 0.196. The molecule has 6 rings (SSSR count). The van der Waals surface area contributed by atoms with E-state index >= 15 is 0 Å². The highest BCUT2D eigenvalue weighted by Crippen LogP contribution is 2.45. The van der Waals surface area contributed by atoms with Gasteiger partial charge in [0.25, 0.3) is 0 Å². The number of hydrogen-bond donors (Lipinski definition) is 1. The second-order valence-electron chi connectivity index (χ2n) is 8.00. The fourth-order valence-corrected chi connectivity index (χ4v) is 7.29. The zero-order valence-corrected chi connectivity index (χ0v) is 19.0. The Morgan fingerprint density at radius 3 is 2.81 bits per heavy atom. The largest absolute Gasteiger partial charge is 0.611 e. The average molecular weight is 461 g/mol. The smallest absolute Gasteiger partial charge is 0.232 e. The number of nitrogens with zero attached hydrogens (tertiary/aromatic N) is 5. The van der Waals surface area contributed by atoms with Gasteiger partial charge in [0, 0.05) is 58.7 Å². The van der Waals surface area contributed by atoms with Crippen molar-refractivity contribution in [2.24, 2.45) is 7.05 Å². The Morgan fingerprint density at radius 1 is 1.19 bits per heavy atom. The van der Waals surface area contributed by atoms with Crippen LogP contribution in [0, 0.1) is 0 Å². The molecule has 32 heavy (non-hydrogen) atoms. The summed E-state index contributed by atoms with van der Waals surface area (Å²) in [6.07, 6.45) is 8.40. The molecule has 0 amide bonds.